The van der Waals surface area contributed by atoms with Crippen LogP contribution in [0.1, 0.15) is 27.2 Å². The van der Waals surface area contributed by atoms with Gasteiger partial charge >= 0.3 is 0 Å². The first-order chi connectivity index (χ1) is 8.06. The maximum absolute atomic E-state index is 10.9. The first-order valence-electron chi connectivity index (χ1n) is 5.33. The molecule has 0 saturated carbocycles. The monoisotopic (exact) mass is 248 g/mol. The van der Waals surface area contributed by atoms with Crippen LogP contribution in [0.5, 0.6) is 0 Å². The van der Waals surface area contributed by atoms with Gasteiger partial charge in [-0.3, -0.25) is 4.79 Å². The molecule has 0 aliphatic carbocycles. The number of rotatable bonds is 2. The van der Waals surface area contributed by atoms with E-state index in [4.69, 9.17) is 11.6 Å². The molecule has 1 heterocycles. The largest absolute Gasteiger partial charge is 0.298 e. The zero-order valence-corrected chi connectivity index (χ0v) is 10.7. The molecule has 88 valence electrons. The molecule has 0 spiro atoms. The molecule has 0 aliphatic heterocycles. The minimum Gasteiger partial charge on any atom is -0.298 e. The van der Waals surface area contributed by atoms with Crippen molar-refractivity contribution in [3.05, 3.63) is 45.7 Å². The van der Waals surface area contributed by atoms with Gasteiger partial charge in [-0.05, 0) is 38.0 Å². The van der Waals surface area contributed by atoms with Crippen LogP contribution >= 0.6 is 11.6 Å². The van der Waals surface area contributed by atoms with Gasteiger partial charge in [-0.2, -0.15) is 5.10 Å². The van der Waals surface area contributed by atoms with E-state index in [2.05, 4.69) is 5.10 Å². The Bertz CT molecular complexity index is 587. The molecule has 0 fully saturated rings. The van der Waals surface area contributed by atoms with Crippen LogP contribution in [-0.2, 0) is 0 Å². The van der Waals surface area contributed by atoms with E-state index in [0.717, 1.165) is 17.5 Å². The molecule has 0 aliphatic rings. The van der Waals surface area contributed by atoms with Gasteiger partial charge in [-0.15, -0.1) is 0 Å². The van der Waals surface area contributed by atoms with E-state index in [0.29, 0.717) is 16.4 Å². The van der Waals surface area contributed by atoms with Gasteiger partial charge < -0.3 is 0 Å². The molecule has 0 N–H and O–H groups in total. The van der Waals surface area contributed by atoms with Gasteiger partial charge in [0.05, 0.1) is 16.9 Å². The molecule has 2 rings (SSSR count). The molecule has 1 aromatic carbocycles. The fraction of sp³-hybridized carbons (Fsp3) is 0.231. The number of hydrogen-bond donors (Lipinski definition) is 0. The summed E-state index contributed by atoms with van der Waals surface area (Å²) in [6, 6.07) is 5.92. The maximum Gasteiger partial charge on any atom is 0.155 e. The van der Waals surface area contributed by atoms with Crippen LogP contribution < -0.4 is 0 Å². The van der Waals surface area contributed by atoms with Gasteiger partial charge in [-0.25, -0.2) is 4.68 Å². The maximum atomic E-state index is 10.9. The second-order valence-electron chi connectivity index (χ2n) is 4.04. The SMILES string of the molecule is Cc1cccc(-n2nc(C)c(C=O)c2Cl)c1C. The van der Waals surface area contributed by atoms with E-state index in [1.165, 1.54) is 5.56 Å². The number of aldehydes is 1. The van der Waals surface area contributed by atoms with E-state index < -0.39 is 0 Å². The van der Waals surface area contributed by atoms with Gasteiger partial charge in [-0.1, -0.05) is 23.7 Å². The highest BCUT2D eigenvalue weighted by Gasteiger charge is 2.15. The van der Waals surface area contributed by atoms with Crippen molar-refractivity contribution >= 4 is 17.9 Å². The van der Waals surface area contributed by atoms with Crippen LogP contribution in [0.2, 0.25) is 5.15 Å². The zero-order valence-electron chi connectivity index (χ0n) is 9.99. The van der Waals surface area contributed by atoms with Crippen molar-refractivity contribution in [1.29, 1.82) is 0 Å². The Morgan fingerprint density at radius 2 is 2.00 bits per heavy atom. The third kappa shape index (κ3) is 1.87. The average Bonchev–Trinajstić information content (AvgIpc) is 2.58. The second kappa shape index (κ2) is 4.34. The van der Waals surface area contributed by atoms with Crippen LogP contribution in [0.4, 0.5) is 0 Å². The van der Waals surface area contributed by atoms with Gasteiger partial charge in [0.2, 0.25) is 0 Å². The van der Waals surface area contributed by atoms with Gasteiger partial charge in [0.1, 0.15) is 5.15 Å². The molecule has 3 nitrogen and oxygen atoms in total. The average molecular weight is 249 g/mol. The Kier molecular flexibility index (Phi) is 3.03. The number of aryl methyl sites for hydroxylation is 2. The lowest BCUT2D eigenvalue weighted by atomic mass is 10.1. The molecular weight excluding hydrogens is 236 g/mol. The van der Waals surface area contributed by atoms with Gasteiger partial charge in [0, 0.05) is 0 Å². The van der Waals surface area contributed by atoms with Gasteiger partial charge in [0.15, 0.2) is 6.29 Å². The van der Waals surface area contributed by atoms with Crippen LogP contribution in [0.25, 0.3) is 5.69 Å². The minimum atomic E-state index is 0.367. The standard InChI is InChI=1S/C13H13ClN2O/c1-8-5-4-6-12(9(8)2)16-13(14)11(7-17)10(3)15-16/h4-7H,1-3H3. The summed E-state index contributed by atoms with van der Waals surface area (Å²) in [6.07, 6.45) is 0.742. The fourth-order valence-electron chi connectivity index (χ4n) is 1.77. The van der Waals surface area contributed by atoms with Crippen molar-refractivity contribution in [1.82, 2.24) is 9.78 Å². The highest BCUT2D eigenvalue weighted by molar-refractivity contribution is 6.32. The Balaban J connectivity index is 2.69. The second-order valence-corrected chi connectivity index (χ2v) is 4.40. The van der Waals surface area contributed by atoms with Crippen LogP contribution in [0, 0.1) is 20.8 Å². The van der Waals surface area contributed by atoms with Crippen molar-refractivity contribution in [2.75, 3.05) is 0 Å². The first-order valence-corrected chi connectivity index (χ1v) is 5.71. The predicted molar refractivity (Wildman–Crippen MR) is 68.2 cm³/mol. The molecule has 2 aromatic rings. The summed E-state index contributed by atoms with van der Waals surface area (Å²) < 4.78 is 1.61. The lowest BCUT2D eigenvalue weighted by molar-refractivity contribution is 0.112. The predicted octanol–water partition coefficient (Wildman–Crippen LogP) is 3.26. The number of halogens is 1. The summed E-state index contributed by atoms with van der Waals surface area (Å²) in [7, 11) is 0. The number of benzene rings is 1. The first kappa shape index (κ1) is 11.9. The smallest absolute Gasteiger partial charge is 0.155 e. The Morgan fingerprint density at radius 1 is 1.29 bits per heavy atom. The third-order valence-electron chi connectivity index (χ3n) is 2.97. The fourth-order valence-corrected chi connectivity index (χ4v) is 2.08. The number of hydrogen-bond acceptors (Lipinski definition) is 2. The highest BCUT2D eigenvalue weighted by atomic mass is 35.5. The Labute approximate surface area is 105 Å². The van der Waals surface area contributed by atoms with Crippen molar-refractivity contribution < 1.29 is 4.79 Å². The Hall–Kier alpha value is -1.61. The molecule has 1 aromatic heterocycles. The van der Waals surface area contributed by atoms with Crippen LogP contribution in [-0.4, -0.2) is 16.1 Å². The van der Waals surface area contributed by atoms with Crippen LogP contribution in [0.15, 0.2) is 18.2 Å². The van der Waals surface area contributed by atoms with E-state index in [1.807, 2.05) is 32.0 Å². The molecule has 4 heteroatoms. The van der Waals surface area contributed by atoms with Crippen molar-refractivity contribution in [3.8, 4) is 5.69 Å². The molecular formula is C13H13ClN2O. The molecule has 0 bridgehead atoms. The number of carbonyl (C=O) groups is 1. The topological polar surface area (TPSA) is 34.9 Å². The summed E-state index contributed by atoms with van der Waals surface area (Å²) in [6.45, 7) is 5.82. The summed E-state index contributed by atoms with van der Waals surface area (Å²) in [5, 5.41) is 4.67. The molecule has 0 saturated heterocycles. The molecule has 0 radical (unpaired) electrons. The lowest BCUT2D eigenvalue weighted by Gasteiger charge is -2.09. The van der Waals surface area contributed by atoms with E-state index >= 15 is 0 Å². The normalized spacial score (nSPS) is 10.6. The quantitative estimate of drug-likeness (QED) is 0.765. The molecule has 0 unspecified atom stereocenters. The lowest BCUT2D eigenvalue weighted by Crippen LogP contribution is -2.00. The number of aromatic nitrogens is 2. The van der Waals surface area contributed by atoms with Crippen molar-refractivity contribution in [2.24, 2.45) is 0 Å². The van der Waals surface area contributed by atoms with Gasteiger partial charge in [0.25, 0.3) is 0 Å². The Morgan fingerprint density at radius 3 is 2.59 bits per heavy atom. The van der Waals surface area contributed by atoms with Crippen LogP contribution in [0.3, 0.4) is 0 Å². The molecule has 0 atom stereocenters. The summed E-state index contributed by atoms with van der Waals surface area (Å²) in [5.74, 6) is 0. The molecule has 17 heavy (non-hydrogen) atoms. The summed E-state index contributed by atoms with van der Waals surface area (Å²) in [4.78, 5) is 10.9. The van der Waals surface area contributed by atoms with Crippen molar-refractivity contribution in [3.63, 3.8) is 0 Å². The van der Waals surface area contributed by atoms with E-state index in [9.17, 15) is 4.79 Å². The molecule has 0 amide bonds. The van der Waals surface area contributed by atoms with E-state index in [1.54, 1.807) is 11.6 Å². The third-order valence-corrected chi connectivity index (χ3v) is 3.33. The van der Waals surface area contributed by atoms with Crippen molar-refractivity contribution in [2.45, 2.75) is 20.8 Å². The highest BCUT2D eigenvalue weighted by Crippen LogP contribution is 2.25. The summed E-state index contributed by atoms with van der Waals surface area (Å²) in [5.41, 5.74) is 4.28. The number of carbonyl (C=O) groups excluding carboxylic acids is 1. The van der Waals surface area contributed by atoms with E-state index in [-0.39, 0.29) is 0 Å². The number of nitrogens with zero attached hydrogens (tertiary/aromatic N) is 2. The minimum absolute atomic E-state index is 0.367. The zero-order chi connectivity index (χ0) is 12.6. The summed E-state index contributed by atoms with van der Waals surface area (Å²) >= 11 is 6.16.